The van der Waals surface area contributed by atoms with E-state index in [1.54, 1.807) is 4.68 Å². The first-order valence-electron chi connectivity index (χ1n) is 9.16. The van der Waals surface area contributed by atoms with Crippen LogP contribution in [0.25, 0.3) is 27.6 Å². The molecule has 0 fully saturated rings. The molecule has 0 saturated heterocycles. The minimum atomic E-state index is -0.521. The highest BCUT2D eigenvalue weighted by Gasteiger charge is 2.22. The Morgan fingerprint density at radius 1 is 0.967 bits per heavy atom. The van der Waals surface area contributed by atoms with Gasteiger partial charge < -0.3 is 5.73 Å². The fourth-order valence-electron chi connectivity index (χ4n) is 3.38. The number of aromatic amines is 2. The second kappa shape index (κ2) is 6.89. The molecule has 0 aliphatic heterocycles. The molecule has 8 nitrogen and oxygen atoms in total. The van der Waals surface area contributed by atoms with Gasteiger partial charge in [-0.1, -0.05) is 47.7 Å². The summed E-state index contributed by atoms with van der Waals surface area (Å²) in [5.41, 5.74) is 7.86. The van der Waals surface area contributed by atoms with Gasteiger partial charge in [0, 0.05) is 4.90 Å². The minimum absolute atomic E-state index is 0.0204. The van der Waals surface area contributed by atoms with Crippen molar-refractivity contribution in [2.45, 2.75) is 16.8 Å². The predicted molar refractivity (Wildman–Crippen MR) is 117 cm³/mol. The molecular formula is C21H16N6O2S. The van der Waals surface area contributed by atoms with Crippen molar-refractivity contribution in [3.8, 4) is 5.69 Å². The van der Waals surface area contributed by atoms with Crippen molar-refractivity contribution in [1.29, 1.82) is 0 Å². The van der Waals surface area contributed by atoms with Gasteiger partial charge in [-0.05, 0) is 31.2 Å². The third kappa shape index (κ3) is 2.87. The van der Waals surface area contributed by atoms with E-state index < -0.39 is 11.1 Å². The molecule has 0 unspecified atom stereocenters. The molecule has 0 aliphatic carbocycles. The van der Waals surface area contributed by atoms with E-state index >= 15 is 0 Å². The number of para-hydroxylation sites is 1. The van der Waals surface area contributed by atoms with E-state index in [1.807, 2.05) is 61.5 Å². The van der Waals surface area contributed by atoms with Crippen LogP contribution in [0.3, 0.4) is 0 Å². The van der Waals surface area contributed by atoms with Gasteiger partial charge in [-0.2, -0.15) is 5.10 Å². The number of nitrogens with two attached hydrogens (primary N) is 1. The second-order valence-corrected chi connectivity index (χ2v) is 7.89. The molecule has 0 radical (unpaired) electrons. The molecule has 4 N–H and O–H groups in total. The molecule has 3 heterocycles. The number of anilines is 1. The molecule has 0 aliphatic rings. The number of nitrogens with one attached hydrogen (secondary N) is 2. The minimum Gasteiger partial charge on any atom is -0.397 e. The number of aryl methyl sites for hydroxylation is 1. The predicted octanol–water partition coefficient (Wildman–Crippen LogP) is 2.99. The Morgan fingerprint density at radius 2 is 1.73 bits per heavy atom. The summed E-state index contributed by atoms with van der Waals surface area (Å²) in [5, 5.41) is 10.6. The monoisotopic (exact) mass is 416 g/mol. The van der Waals surface area contributed by atoms with Crippen molar-refractivity contribution in [2.75, 3.05) is 5.73 Å². The molecule has 0 amide bonds. The number of hydrogen-bond acceptors (Lipinski definition) is 6. The third-order valence-corrected chi connectivity index (χ3v) is 5.73. The van der Waals surface area contributed by atoms with Crippen LogP contribution < -0.4 is 16.9 Å². The summed E-state index contributed by atoms with van der Waals surface area (Å²) in [6.07, 6.45) is 0. The average molecular weight is 416 g/mol. The molecule has 5 rings (SSSR count). The fourth-order valence-corrected chi connectivity index (χ4v) is 4.42. The van der Waals surface area contributed by atoms with Gasteiger partial charge in [0.25, 0.3) is 11.1 Å². The zero-order valence-corrected chi connectivity index (χ0v) is 16.7. The number of hydrogen-bond donors (Lipinski definition) is 3. The van der Waals surface area contributed by atoms with E-state index in [0.717, 1.165) is 16.1 Å². The van der Waals surface area contributed by atoms with Crippen LogP contribution in [0.4, 0.5) is 5.69 Å². The maximum atomic E-state index is 12.4. The summed E-state index contributed by atoms with van der Waals surface area (Å²) >= 11 is 1.43. The lowest BCUT2D eigenvalue weighted by molar-refractivity contribution is 0.852. The van der Waals surface area contributed by atoms with Crippen molar-refractivity contribution in [3.63, 3.8) is 0 Å². The Bertz CT molecular complexity index is 1540. The molecule has 5 aromatic rings. The number of nitrogen functional groups attached to an aromatic ring is 1. The Hall–Kier alpha value is -3.85. The lowest BCUT2D eigenvalue weighted by Gasteiger charge is -2.05. The number of rotatable bonds is 3. The first-order valence-corrected chi connectivity index (χ1v) is 9.97. The van der Waals surface area contributed by atoms with Crippen LogP contribution in [-0.2, 0) is 0 Å². The summed E-state index contributed by atoms with van der Waals surface area (Å²) < 4.78 is 1.64. The molecule has 30 heavy (non-hydrogen) atoms. The van der Waals surface area contributed by atoms with E-state index in [9.17, 15) is 9.59 Å². The molecule has 148 valence electrons. The van der Waals surface area contributed by atoms with Crippen molar-refractivity contribution in [3.05, 3.63) is 80.9 Å². The average Bonchev–Trinajstić information content (AvgIpc) is 3.10. The van der Waals surface area contributed by atoms with E-state index in [1.165, 1.54) is 11.8 Å². The van der Waals surface area contributed by atoms with E-state index in [0.29, 0.717) is 16.1 Å². The van der Waals surface area contributed by atoms with Gasteiger partial charge in [-0.3, -0.25) is 19.8 Å². The van der Waals surface area contributed by atoms with E-state index in [2.05, 4.69) is 15.2 Å². The molecule has 0 spiro atoms. The molecule has 9 heteroatoms. The first-order chi connectivity index (χ1) is 14.5. The fraction of sp³-hybridized carbons (Fsp3) is 0.0476. The highest BCUT2D eigenvalue weighted by Crippen LogP contribution is 2.38. The summed E-state index contributed by atoms with van der Waals surface area (Å²) in [6, 6.07) is 17.5. The van der Waals surface area contributed by atoms with Gasteiger partial charge in [0.15, 0.2) is 5.65 Å². The number of fused-ring (bicyclic) bond motifs is 2. The smallest absolute Gasteiger partial charge is 0.289 e. The van der Waals surface area contributed by atoms with Crippen LogP contribution in [0.1, 0.15) is 5.56 Å². The quantitative estimate of drug-likeness (QED) is 0.416. The lowest BCUT2D eigenvalue weighted by atomic mass is 10.2. The van der Waals surface area contributed by atoms with Crippen molar-refractivity contribution < 1.29 is 0 Å². The topological polar surface area (TPSA) is 122 Å². The standard InChI is InChI=1S/C21H16N6O2S/c1-11-6-5-9-13(10-11)30-21-15-16(22)14-17(20(29)25-24-19(14)28)23-18(15)27(26-21)12-7-3-2-4-8-12/h2-10H,1H3,(H2,22,23)(H,24,28)(H,25,29). The molecule has 0 bridgehead atoms. The van der Waals surface area contributed by atoms with Gasteiger partial charge in [0.1, 0.15) is 10.5 Å². The third-order valence-electron chi connectivity index (χ3n) is 4.76. The van der Waals surface area contributed by atoms with E-state index in [4.69, 9.17) is 10.8 Å². The number of nitrogens with zero attached hydrogens (tertiary/aromatic N) is 3. The van der Waals surface area contributed by atoms with Gasteiger partial charge in [-0.15, -0.1) is 0 Å². The van der Waals surface area contributed by atoms with Gasteiger partial charge in [0.2, 0.25) is 0 Å². The van der Waals surface area contributed by atoms with Gasteiger partial charge >= 0.3 is 0 Å². The Morgan fingerprint density at radius 3 is 2.50 bits per heavy atom. The summed E-state index contributed by atoms with van der Waals surface area (Å²) in [7, 11) is 0. The molecule has 0 atom stereocenters. The van der Waals surface area contributed by atoms with Crippen LogP contribution in [0.5, 0.6) is 0 Å². The molecule has 2 aromatic carbocycles. The van der Waals surface area contributed by atoms with Crippen LogP contribution >= 0.6 is 11.8 Å². The van der Waals surface area contributed by atoms with Crippen LogP contribution in [-0.4, -0.2) is 25.0 Å². The number of pyridine rings is 1. The van der Waals surface area contributed by atoms with Crippen molar-refractivity contribution >= 4 is 39.4 Å². The number of H-pyrrole nitrogens is 2. The maximum absolute atomic E-state index is 12.4. The Balaban J connectivity index is 1.88. The van der Waals surface area contributed by atoms with Gasteiger partial charge in [0.05, 0.1) is 22.1 Å². The van der Waals surface area contributed by atoms with Crippen molar-refractivity contribution in [1.82, 2.24) is 25.0 Å². The molecule has 3 aromatic heterocycles. The normalized spacial score (nSPS) is 11.4. The number of aromatic nitrogens is 5. The van der Waals surface area contributed by atoms with Gasteiger partial charge in [-0.25, -0.2) is 9.67 Å². The SMILES string of the molecule is Cc1cccc(Sc2nn(-c3ccccc3)c3nc4c(=O)[nH][nH]c(=O)c4c(N)c23)c1. The van der Waals surface area contributed by atoms with Crippen LogP contribution in [0.15, 0.2) is 74.1 Å². The zero-order valence-electron chi connectivity index (χ0n) is 15.8. The summed E-state index contributed by atoms with van der Waals surface area (Å²) in [4.78, 5) is 30.2. The molecular weight excluding hydrogens is 400 g/mol. The molecule has 0 saturated carbocycles. The maximum Gasteiger partial charge on any atom is 0.289 e. The Labute approximate surface area is 173 Å². The van der Waals surface area contributed by atoms with E-state index in [-0.39, 0.29) is 16.6 Å². The van der Waals surface area contributed by atoms with Crippen molar-refractivity contribution in [2.24, 2.45) is 0 Å². The first kappa shape index (κ1) is 18.2. The summed E-state index contributed by atoms with van der Waals surface area (Å²) in [6.45, 7) is 2.01. The summed E-state index contributed by atoms with van der Waals surface area (Å²) in [5.74, 6) is 0. The highest BCUT2D eigenvalue weighted by atomic mass is 32.2. The largest absolute Gasteiger partial charge is 0.397 e. The van der Waals surface area contributed by atoms with Crippen LogP contribution in [0, 0.1) is 6.92 Å². The number of benzene rings is 2. The lowest BCUT2D eigenvalue weighted by Crippen LogP contribution is -2.21. The zero-order chi connectivity index (χ0) is 20.8. The Kier molecular flexibility index (Phi) is 4.18. The second-order valence-electron chi connectivity index (χ2n) is 6.83. The van der Waals surface area contributed by atoms with Crippen LogP contribution in [0.2, 0.25) is 0 Å². The highest BCUT2D eigenvalue weighted by molar-refractivity contribution is 7.99.